The van der Waals surface area contributed by atoms with E-state index in [-0.39, 0.29) is 10.8 Å². The Kier molecular flexibility index (Phi) is 4.64. The minimum absolute atomic E-state index is 0.219. The summed E-state index contributed by atoms with van der Waals surface area (Å²) >= 11 is 0. The molecule has 0 bridgehead atoms. The standard InChI is InChI=1S/C28H32N2O2/c1-27(2)19-11-7-9-13-21(19)29(5)23(27)15-17-25(31)18(26(17)32)16-24-28(3,4)20-12-8-10-14-22(20)30(24)6/h7-18,25-26H,1-6H3/q-2/b23-15-,24-16-. The molecule has 168 valence electrons. The maximum atomic E-state index is 13.3. The normalized spacial score (nSPS) is 32.2. The third kappa shape index (κ3) is 2.76. The van der Waals surface area contributed by atoms with E-state index in [0.29, 0.717) is 0 Å². The van der Waals surface area contributed by atoms with Gasteiger partial charge in [-0.15, -0.1) is 12.2 Å². The quantitative estimate of drug-likeness (QED) is 0.736. The minimum Gasteiger partial charge on any atom is -0.851 e. The van der Waals surface area contributed by atoms with Crippen LogP contribution in [0.25, 0.3) is 0 Å². The molecular weight excluding hydrogens is 396 g/mol. The van der Waals surface area contributed by atoms with Crippen LogP contribution in [-0.4, -0.2) is 26.3 Å². The molecule has 0 amide bonds. The van der Waals surface area contributed by atoms with Crippen molar-refractivity contribution in [2.45, 2.75) is 50.7 Å². The van der Waals surface area contributed by atoms with Gasteiger partial charge in [0.05, 0.1) is 0 Å². The molecule has 1 fully saturated rings. The first-order valence-corrected chi connectivity index (χ1v) is 11.5. The molecule has 0 unspecified atom stereocenters. The first-order chi connectivity index (χ1) is 15.1. The number of para-hydroxylation sites is 2. The summed E-state index contributed by atoms with van der Waals surface area (Å²) in [6.45, 7) is 8.69. The molecule has 4 heteroatoms. The lowest BCUT2D eigenvalue weighted by molar-refractivity contribution is -0.550. The first-order valence-electron chi connectivity index (χ1n) is 11.5. The largest absolute Gasteiger partial charge is 0.851 e. The molecule has 0 aromatic heterocycles. The highest BCUT2D eigenvalue weighted by Gasteiger charge is 2.43. The van der Waals surface area contributed by atoms with Gasteiger partial charge >= 0.3 is 0 Å². The van der Waals surface area contributed by atoms with E-state index < -0.39 is 24.0 Å². The molecule has 2 aliphatic heterocycles. The summed E-state index contributed by atoms with van der Waals surface area (Å²) in [6, 6.07) is 16.6. The maximum absolute atomic E-state index is 13.3. The number of fused-ring (bicyclic) bond motifs is 2. The second kappa shape index (κ2) is 6.97. The molecule has 3 aliphatic rings. The summed E-state index contributed by atoms with van der Waals surface area (Å²) in [4.78, 5) is 4.29. The van der Waals surface area contributed by atoms with E-state index in [4.69, 9.17) is 0 Å². The highest BCUT2D eigenvalue weighted by atomic mass is 16.3. The molecular formula is C28H32N2O2-2. The van der Waals surface area contributed by atoms with Crippen LogP contribution in [0.15, 0.2) is 72.1 Å². The van der Waals surface area contributed by atoms with Crippen LogP contribution in [0, 0.1) is 11.8 Å². The summed E-state index contributed by atoms with van der Waals surface area (Å²) in [5, 5.41) is 26.6. The van der Waals surface area contributed by atoms with Crippen LogP contribution in [-0.2, 0) is 10.8 Å². The monoisotopic (exact) mass is 428 g/mol. The Labute approximate surface area is 191 Å². The lowest BCUT2D eigenvalue weighted by atomic mass is 9.66. The summed E-state index contributed by atoms with van der Waals surface area (Å²) < 4.78 is 0. The van der Waals surface area contributed by atoms with Crippen molar-refractivity contribution in [2.75, 3.05) is 23.9 Å². The van der Waals surface area contributed by atoms with Gasteiger partial charge in [0, 0.05) is 47.7 Å². The van der Waals surface area contributed by atoms with Crippen molar-refractivity contribution < 1.29 is 10.2 Å². The van der Waals surface area contributed by atoms with Gasteiger partial charge in [-0.25, -0.2) is 0 Å². The van der Waals surface area contributed by atoms with E-state index >= 15 is 0 Å². The second-order valence-corrected chi connectivity index (χ2v) is 10.6. The zero-order valence-corrected chi connectivity index (χ0v) is 19.8. The number of likely N-dealkylation sites (N-methyl/N-ethyl adjacent to an activating group) is 2. The van der Waals surface area contributed by atoms with Crippen LogP contribution in [0.5, 0.6) is 0 Å². The Morgan fingerprint density at radius 1 is 0.656 bits per heavy atom. The number of nitrogens with zero attached hydrogens (tertiary/aromatic N) is 2. The SMILES string of the molecule is CN1/C(=C\C2C([O-])C(/C=C3\N(C)c4ccccc4C3(C)C)C2[O-])C(C)(C)c2ccccc21. The molecule has 2 aromatic rings. The molecule has 1 saturated carbocycles. The van der Waals surface area contributed by atoms with Crippen molar-refractivity contribution >= 4 is 11.4 Å². The van der Waals surface area contributed by atoms with Gasteiger partial charge in [-0.1, -0.05) is 76.2 Å². The Morgan fingerprint density at radius 2 is 1.00 bits per heavy atom. The van der Waals surface area contributed by atoms with Crippen molar-refractivity contribution in [3.8, 4) is 0 Å². The number of benzene rings is 2. The van der Waals surface area contributed by atoms with E-state index in [1.54, 1.807) is 0 Å². The van der Waals surface area contributed by atoms with Crippen LogP contribution in [0.1, 0.15) is 38.8 Å². The van der Waals surface area contributed by atoms with Gasteiger partial charge in [0.25, 0.3) is 0 Å². The second-order valence-electron chi connectivity index (χ2n) is 10.6. The van der Waals surface area contributed by atoms with Crippen molar-refractivity contribution in [1.82, 2.24) is 0 Å². The molecule has 2 heterocycles. The third-order valence-corrected chi connectivity index (χ3v) is 8.10. The summed E-state index contributed by atoms with van der Waals surface area (Å²) in [6.07, 6.45) is 2.11. The number of hydrogen-bond donors (Lipinski definition) is 0. The van der Waals surface area contributed by atoms with Gasteiger partial charge in [-0.05, 0) is 35.1 Å². The fraction of sp³-hybridized carbons (Fsp3) is 0.429. The van der Waals surface area contributed by atoms with E-state index in [0.717, 1.165) is 22.8 Å². The zero-order valence-electron chi connectivity index (χ0n) is 19.8. The zero-order chi connectivity index (χ0) is 23.0. The molecule has 0 spiro atoms. The Balaban J connectivity index is 1.43. The summed E-state index contributed by atoms with van der Waals surface area (Å²) in [5.41, 5.74) is 6.46. The van der Waals surface area contributed by atoms with Gasteiger partial charge in [0.1, 0.15) is 0 Å². The predicted octanol–water partition coefficient (Wildman–Crippen LogP) is 3.31. The van der Waals surface area contributed by atoms with E-state index in [2.05, 4.69) is 61.8 Å². The topological polar surface area (TPSA) is 52.6 Å². The van der Waals surface area contributed by atoms with Crippen LogP contribution >= 0.6 is 0 Å². The predicted molar refractivity (Wildman–Crippen MR) is 126 cm³/mol. The number of allylic oxidation sites excluding steroid dienone is 2. The van der Waals surface area contributed by atoms with Crippen molar-refractivity contribution in [2.24, 2.45) is 11.8 Å². The van der Waals surface area contributed by atoms with Crippen LogP contribution in [0.4, 0.5) is 11.4 Å². The third-order valence-electron chi connectivity index (χ3n) is 8.10. The molecule has 5 rings (SSSR count). The molecule has 2 aromatic carbocycles. The average molecular weight is 429 g/mol. The number of anilines is 2. The molecule has 32 heavy (non-hydrogen) atoms. The van der Waals surface area contributed by atoms with Crippen molar-refractivity contribution in [1.29, 1.82) is 0 Å². The van der Waals surface area contributed by atoms with Gasteiger partial charge < -0.3 is 20.0 Å². The van der Waals surface area contributed by atoms with Gasteiger partial charge in [0.15, 0.2) is 0 Å². The lowest BCUT2D eigenvalue weighted by Gasteiger charge is -2.60. The molecule has 0 radical (unpaired) electrons. The average Bonchev–Trinajstić information content (AvgIpc) is 3.09. The summed E-state index contributed by atoms with van der Waals surface area (Å²) in [7, 11) is 4.06. The highest BCUT2D eigenvalue weighted by Crippen LogP contribution is 2.50. The molecule has 0 N–H and O–H groups in total. The lowest BCUT2D eigenvalue weighted by Crippen LogP contribution is -2.66. The molecule has 0 saturated heterocycles. The minimum atomic E-state index is -0.918. The Hall–Kier alpha value is -2.56. The number of rotatable bonds is 2. The smallest absolute Gasteiger partial charge is 0.0447 e. The van der Waals surface area contributed by atoms with E-state index in [1.807, 2.05) is 50.5 Å². The van der Waals surface area contributed by atoms with Gasteiger partial charge in [-0.2, -0.15) is 0 Å². The van der Waals surface area contributed by atoms with Crippen LogP contribution < -0.4 is 20.0 Å². The Bertz CT molecular complexity index is 1030. The molecule has 0 atom stereocenters. The molecule has 4 nitrogen and oxygen atoms in total. The van der Waals surface area contributed by atoms with Crippen molar-refractivity contribution in [3.63, 3.8) is 0 Å². The fourth-order valence-corrected chi connectivity index (χ4v) is 6.09. The molecule has 1 aliphatic carbocycles. The van der Waals surface area contributed by atoms with E-state index in [9.17, 15) is 10.2 Å². The summed E-state index contributed by atoms with van der Waals surface area (Å²) in [5.74, 6) is -1.000. The highest BCUT2D eigenvalue weighted by molar-refractivity contribution is 5.71. The van der Waals surface area contributed by atoms with Gasteiger partial charge in [-0.3, -0.25) is 0 Å². The van der Waals surface area contributed by atoms with Crippen LogP contribution in [0.3, 0.4) is 0 Å². The maximum Gasteiger partial charge on any atom is 0.0447 e. The number of hydrogen-bond acceptors (Lipinski definition) is 4. The van der Waals surface area contributed by atoms with Gasteiger partial charge in [0.2, 0.25) is 0 Å². The van der Waals surface area contributed by atoms with Crippen LogP contribution in [0.2, 0.25) is 0 Å². The first kappa shape index (κ1) is 21.3. The fourth-order valence-electron chi connectivity index (χ4n) is 6.09. The van der Waals surface area contributed by atoms with E-state index in [1.165, 1.54) is 11.1 Å². The van der Waals surface area contributed by atoms with Crippen molar-refractivity contribution in [3.05, 3.63) is 83.2 Å². The Morgan fingerprint density at radius 3 is 1.34 bits per heavy atom.